The molecule has 1 unspecified atom stereocenters. The first kappa shape index (κ1) is 15.4. The first-order valence-electron chi connectivity index (χ1n) is 6.35. The molecule has 0 aliphatic carbocycles. The first-order chi connectivity index (χ1) is 8.80. The van der Waals surface area contributed by atoms with Crippen LogP contribution in [0.2, 0.25) is 0 Å². The summed E-state index contributed by atoms with van der Waals surface area (Å²) < 4.78 is 5.07. The standard InChI is InChI=1S/C14H22N2O3/c1-10(17)12(8-11-4-6-16-7-5-11)9-14(2,3)19-13(15)18/h4-7,10,12,17H,8-9H2,1-3H3,(H2,15,18)/t10?,12-/m1/s1. The molecule has 3 N–H and O–H groups in total. The van der Waals surface area contributed by atoms with Gasteiger partial charge in [0.05, 0.1) is 6.10 Å². The van der Waals surface area contributed by atoms with E-state index in [0.29, 0.717) is 12.8 Å². The zero-order valence-corrected chi connectivity index (χ0v) is 11.7. The third-order valence-electron chi connectivity index (χ3n) is 3.06. The number of rotatable bonds is 6. The second kappa shape index (κ2) is 6.52. The van der Waals surface area contributed by atoms with Crippen LogP contribution in [0.4, 0.5) is 4.79 Å². The Hall–Kier alpha value is -1.62. The lowest BCUT2D eigenvalue weighted by molar-refractivity contribution is 0.00406. The number of hydrogen-bond donors (Lipinski definition) is 2. The van der Waals surface area contributed by atoms with E-state index in [2.05, 4.69) is 4.98 Å². The molecule has 0 saturated heterocycles. The number of pyridine rings is 1. The fourth-order valence-corrected chi connectivity index (χ4v) is 2.18. The lowest BCUT2D eigenvalue weighted by Gasteiger charge is -2.30. The van der Waals surface area contributed by atoms with Gasteiger partial charge in [0.15, 0.2) is 0 Å². The number of carbonyl (C=O) groups is 1. The molecule has 1 amide bonds. The van der Waals surface area contributed by atoms with Gasteiger partial charge in [-0.25, -0.2) is 4.79 Å². The molecule has 19 heavy (non-hydrogen) atoms. The molecule has 0 saturated carbocycles. The maximum Gasteiger partial charge on any atom is 0.405 e. The van der Waals surface area contributed by atoms with Gasteiger partial charge >= 0.3 is 6.09 Å². The maximum atomic E-state index is 10.9. The van der Waals surface area contributed by atoms with Crippen molar-refractivity contribution in [2.24, 2.45) is 11.7 Å². The highest BCUT2D eigenvalue weighted by Crippen LogP contribution is 2.26. The highest BCUT2D eigenvalue weighted by Gasteiger charge is 2.29. The minimum Gasteiger partial charge on any atom is -0.444 e. The second-order valence-electron chi connectivity index (χ2n) is 5.45. The lowest BCUT2D eigenvalue weighted by atomic mass is 9.85. The van der Waals surface area contributed by atoms with Gasteiger partial charge in [0.25, 0.3) is 0 Å². The third-order valence-corrected chi connectivity index (χ3v) is 3.06. The van der Waals surface area contributed by atoms with Crippen LogP contribution in [0.15, 0.2) is 24.5 Å². The van der Waals surface area contributed by atoms with E-state index >= 15 is 0 Å². The van der Waals surface area contributed by atoms with Gasteiger partial charge in [-0.15, -0.1) is 0 Å². The van der Waals surface area contributed by atoms with Crippen molar-refractivity contribution in [2.45, 2.75) is 45.3 Å². The second-order valence-corrected chi connectivity index (χ2v) is 5.45. The van der Waals surface area contributed by atoms with Crippen LogP contribution in [0.5, 0.6) is 0 Å². The van der Waals surface area contributed by atoms with Gasteiger partial charge in [-0.2, -0.15) is 0 Å². The van der Waals surface area contributed by atoms with Crippen molar-refractivity contribution in [3.05, 3.63) is 30.1 Å². The summed E-state index contributed by atoms with van der Waals surface area (Å²) in [6.07, 6.45) is 3.39. The van der Waals surface area contributed by atoms with E-state index in [0.717, 1.165) is 5.56 Å². The summed E-state index contributed by atoms with van der Waals surface area (Å²) in [6.45, 7) is 5.32. The number of primary amides is 1. The number of nitrogens with zero attached hydrogens (tertiary/aromatic N) is 1. The number of carbonyl (C=O) groups excluding carboxylic acids is 1. The minimum absolute atomic E-state index is 0.0169. The van der Waals surface area contributed by atoms with Crippen LogP contribution >= 0.6 is 0 Å². The van der Waals surface area contributed by atoms with Crippen molar-refractivity contribution >= 4 is 6.09 Å². The molecule has 2 atom stereocenters. The minimum atomic E-state index is -0.793. The third kappa shape index (κ3) is 5.70. The SMILES string of the molecule is CC(O)[C@H](Cc1ccncc1)CC(C)(C)OC(N)=O. The summed E-state index contributed by atoms with van der Waals surface area (Å²) >= 11 is 0. The summed E-state index contributed by atoms with van der Waals surface area (Å²) in [5.74, 6) is -0.0169. The fourth-order valence-electron chi connectivity index (χ4n) is 2.18. The molecule has 0 aromatic carbocycles. The van der Waals surface area contributed by atoms with Crippen molar-refractivity contribution in [3.8, 4) is 0 Å². The predicted octanol–water partition coefficient (Wildman–Crippen LogP) is 1.89. The predicted molar refractivity (Wildman–Crippen MR) is 72.5 cm³/mol. The molecule has 0 aliphatic rings. The van der Waals surface area contributed by atoms with Crippen LogP contribution in [0, 0.1) is 5.92 Å². The molecule has 106 valence electrons. The van der Waals surface area contributed by atoms with Gasteiger partial charge in [0, 0.05) is 12.4 Å². The molecule has 0 bridgehead atoms. The summed E-state index contributed by atoms with van der Waals surface area (Å²) in [4.78, 5) is 14.8. The largest absolute Gasteiger partial charge is 0.444 e. The number of nitrogens with two attached hydrogens (primary N) is 1. The van der Waals surface area contributed by atoms with Gasteiger partial charge < -0.3 is 15.6 Å². The molecule has 1 aromatic rings. The smallest absolute Gasteiger partial charge is 0.405 e. The number of aliphatic hydroxyl groups is 1. The quantitative estimate of drug-likeness (QED) is 0.823. The summed E-state index contributed by atoms with van der Waals surface area (Å²) in [5.41, 5.74) is 5.45. The van der Waals surface area contributed by atoms with E-state index in [-0.39, 0.29) is 5.92 Å². The molecular formula is C14H22N2O3. The molecule has 1 heterocycles. The first-order valence-corrected chi connectivity index (χ1v) is 6.35. The van der Waals surface area contributed by atoms with Crippen LogP contribution < -0.4 is 5.73 Å². The Bertz CT molecular complexity index is 404. The summed E-state index contributed by atoms with van der Waals surface area (Å²) in [5, 5.41) is 9.88. The molecule has 0 radical (unpaired) electrons. The molecule has 0 spiro atoms. The molecule has 0 fully saturated rings. The number of hydrogen-bond acceptors (Lipinski definition) is 4. The molecule has 5 heteroatoms. The molecule has 5 nitrogen and oxygen atoms in total. The molecule has 0 aliphatic heterocycles. The normalized spacial score (nSPS) is 14.7. The molecular weight excluding hydrogens is 244 g/mol. The van der Waals surface area contributed by atoms with Crippen LogP contribution in [0.25, 0.3) is 0 Å². The fraction of sp³-hybridized carbons (Fsp3) is 0.571. The molecule has 1 aromatic heterocycles. The Balaban J connectivity index is 2.71. The lowest BCUT2D eigenvalue weighted by Crippen LogP contribution is -2.36. The number of amides is 1. The van der Waals surface area contributed by atoms with Crippen molar-refractivity contribution in [1.29, 1.82) is 0 Å². The van der Waals surface area contributed by atoms with E-state index in [1.54, 1.807) is 33.2 Å². The maximum absolute atomic E-state index is 10.9. The number of aliphatic hydroxyl groups excluding tert-OH is 1. The van der Waals surface area contributed by atoms with Gasteiger partial charge in [0.1, 0.15) is 5.60 Å². The van der Waals surface area contributed by atoms with Gasteiger partial charge in [-0.3, -0.25) is 4.98 Å². The Labute approximate surface area is 113 Å². The summed E-state index contributed by atoms with van der Waals surface area (Å²) in [6, 6.07) is 3.83. The Morgan fingerprint density at radius 2 is 2.05 bits per heavy atom. The average Bonchev–Trinajstić information content (AvgIpc) is 2.27. The topological polar surface area (TPSA) is 85.4 Å². The Kier molecular flexibility index (Phi) is 5.30. The zero-order chi connectivity index (χ0) is 14.5. The number of aromatic nitrogens is 1. The monoisotopic (exact) mass is 266 g/mol. The van der Waals surface area contributed by atoms with Gasteiger partial charge in [-0.1, -0.05) is 0 Å². The van der Waals surface area contributed by atoms with E-state index in [4.69, 9.17) is 10.5 Å². The highest BCUT2D eigenvalue weighted by atomic mass is 16.6. The van der Waals surface area contributed by atoms with Gasteiger partial charge in [-0.05, 0) is 57.2 Å². The van der Waals surface area contributed by atoms with Crippen molar-refractivity contribution < 1.29 is 14.6 Å². The van der Waals surface area contributed by atoms with Crippen LogP contribution in [-0.2, 0) is 11.2 Å². The van der Waals surface area contributed by atoms with Gasteiger partial charge in [0.2, 0.25) is 0 Å². The van der Waals surface area contributed by atoms with E-state index in [1.807, 2.05) is 12.1 Å². The Morgan fingerprint density at radius 3 is 2.53 bits per heavy atom. The van der Waals surface area contributed by atoms with Crippen LogP contribution in [0.3, 0.4) is 0 Å². The Morgan fingerprint density at radius 1 is 1.47 bits per heavy atom. The van der Waals surface area contributed by atoms with Crippen LogP contribution in [-0.4, -0.2) is 27.9 Å². The van der Waals surface area contributed by atoms with E-state index in [1.165, 1.54) is 0 Å². The summed E-state index contributed by atoms with van der Waals surface area (Å²) in [7, 11) is 0. The number of ether oxygens (including phenoxy) is 1. The van der Waals surface area contributed by atoms with Crippen molar-refractivity contribution in [2.75, 3.05) is 0 Å². The van der Waals surface area contributed by atoms with E-state index < -0.39 is 17.8 Å². The molecule has 1 rings (SSSR count). The average molecular weight is 266 g/mol. The zero-order valence-electron chi connectivity index (χ0n) is 11.7. The van der Waals surface area contributed by atoms with Crippen molar-refractivity contribution in [1.82, 2.24) is 4.98 Å². The van der Waals surface area contributed by atoms with Crippen molar-refractivity contribution in [3.63, 3.8) is 0 Å². The van der Waals surface area contributed by atoms with Crippen LogP contribution in [0.1, 0.15) is 32.8 Å². The van der Waals surface area contributed by atoms with E-state index in [9.17, 15) is 9.90 Å². The highest BCUT2D eigenvalue weighted by molar-refractivity contribution is 5.65.